The molecule has 3 heteroatoms. The summed E-state index contributed by atoms with van der Waals surface area (Å²) in [5.74, 6) is 0.210. The lowest BCUT2D eigenvalue weighted by Gasteiger charge is -2.23. The summed E-state index contributed by atoms with van der Waals surface area (Å²) >= 11 is 0. The summed E-state index contributed by atoms with van der Waals surface area (Å²) in [4.78, 5) is 22.5. The molecular weight excluding hydrogens is 168 g/mol. The quantitative estimate of drug-likeness (QED) is 0.611. The molecule has 74 valence electrons. The largest absolute Gasteiger partial charge is 0.469 e. The topological polar surface area (TPSA) is 43.4 Å². The second-order valence-corrected chi connectivity index (χ2v) is 4.16. The van der Waals surface area contributed by atoms with Crippen LogP contribution >= 0.6 is 0 Å². The molecule has 0 spiro atoms. The highest BCUT2D eigenvalue weighted by Gasteiger charge is 2.42. The number of methoxy groups -OCH3 is 1. The zero-order valence-corrected chi connectivity index (χ0v) is 8.42. The summed E-state index contributed by atoms with van der Waals surface area (Å²) in [6, 6.07) is 0. The van der Waals surface area contributed by atoms with Crippen molar-refractivity contribution in [2.24, 2.45) is 11.3 Å². The minimum absolute atomic E-state index is 0.160. The first kappa shape index (κ1) is 10.2. The molecule has 3 nitrogen and oxygen atoms in total. The van der Waals surface area contributed by atoms with Crippen molar-refractivity contribution in [1.82, 2.24) is 0 Å². The van der Waals surface area contributed by atoms with Crippen molar-refractivity contribution in [2.45, 2.75) is 33.1 Å². The lowest BCUT2D eigenvalue weighted by Crippen LogP contribution is -2.27. The van der Waals surface area contributed by atoms with E-state index in [1.165, 1.54) is 7.11 Å². The molecule has 0 heterocycles. The van der Waals surface area contributed by atoms with Gasteiger partial charge in [-0.15, -0.1) is 0 Å². The molecule has 0 radical (unpaired) electrons. The average Bonchev–Trinajstić information content (AvgIpc) is 2.31. The fourth-order valence-corrected chi connectivity index (χ4v) is 1.86. The summed E-state index contributed by atoms with van der Waals surface area (Å²) in [5.41, 5.74) is -0.339. The van der Waals surface area contributed by atoms with Crippen molar-refractivity contribution in [3.63, 3.8) is 0 Å². The van der Waals surface area contributed by atoms with Crippen LogP contribution < -0.4 is 0 Å². The number of Topliss-reactive ketones (excluding diaryl/α,β-unsaturated/α-hetero) is 1. The van der Waals surface area contributed by atoms with Gasteiger partial charge in [-0.2, -0.15) is 0 Å². The van der Waals surface area contributed by atoms with E-state index in [1.807, 2.05) is 13.8 Å². The Kier molecular flexibility index (Phi) is 2.74. The number of carbonyl (C=O) groups excluding carboxylic acids is 2. The lowest BCUT2D eigenvalue weighted by atomic mass is 9.79. The second kappa shape index (κ2) is 3.48. The molecule has 1 rings (SSSR count). The zero-order valence-electron chi connectivity index (χ0n) is 8.42. The van der Waals surface area contributed by atoms with Crippen molar-refractivity contribution in [3.8, 4) is 0 Å². The van der Waals surface area contributed by atoms with E-state index in [0.717, 1.165) is 6.42 Å². The van der Waals surface area contributed by atoms with Crippen LogP contribution in [-0.2, 0) is 14.3 Å². The molecule has 1 aliphatic carbocycles. The van der Waals surface area contributed by atoms with Crippen LogP contribution in [0.1, 0.15) is 33.1 Å². The van der Waals surface area contributed by atoms with Gasteiger partial charge in [-0.1, -0.05) is 13.8 Å². The van der Waals surface area contributed by atoms with Gasteiger partial charge in [0.2, 0.25) is 0 Å². The van der Waals surface area contributed by atoms with E-state index in [-0.39, 0.29) is 23.1 Å². The van der Waals surface area contributed by atoms with Gasteiger partial charge in [-0.25, -0.2) is 0 Å². The smallest absolute Gasteiger partial charge is 0.305 e. The van der Waals surface area contributed by atoms with Crippen LogP contribution in [0.5, 0.6) is 0 Å². The Hall–Kier alpha value is -0.860. The Balaban J connectivity index is 2.62. The second-order valence-electron chi connectivity index (χ2n) is 4.16. The van der Waals surface area contributed by atoms with Crippen molar-refractivity contribution in [1.29, 1.82) is 0 Å². The predicted octanol–water partition coefficient (Wildman–Crippen LogP) is 1.55. The van der Waals surface area contributed by atoms with E-state index in [9.17, 15) is 9.59 Å². The predicted molar refractivity (Wildman–Crippen MR) is 48.1 cm³/mol. The fraction of sp³-hybridized carbons (Fsp3) is 0.800. The van der Waals surface area contributed by atoms with Crippen molar-refractivity contribution >= 4 is 11.8 Å². The summed E-state index contributed by atoms with van der Waals surface area (Å²) in [6.45, 7) is 3.83. The number of carbonyl (C=O) groups is 2. The SMILES string of the molecule is COC(=O)C[C@@H]1CCC(=O)C1(C)C. The van der Waals surface area contributed by atoms with E-state index < -0.39 is 0 Å². The molecule has 0 aliphatic heterocycles. The molecule has 13 heavy (non-hydrogen) atoms. The molecule has 0 bridgehead atoms. The van der Waals surface area contributed by atoms with E-state index >= 15 is 0 Å². The van der Waals surface area contributed by atoms with E-state index in [0.29, 0.717) is 12.8 Å². The minimum atomic E-state index is -0.339. The molecule has 0 unspecified atom stereocenters. The molecule has 1 atom stereocenters. The highest BCUT2D eigenvalue weighted by atomic mass is 16.5. The highest BCUT2D eigenvalue weighted by Crippen LogP contribution is 2.41. The van der Waals surface area contributed by atoms with Crippen LogP contribution in [0.25, 0.3) is 0 Å². The molecule has 1 fully saturated rings. The number of ketones is 1. The van der Waals surface area contributed by atoms with Crippen LogP contribution in [0.2, 0.25) is 0 Å². The Morgan fingerprint density at radius 3 is 2.62 bits per heavy atom. The monoisotopic (exact) mass is 184 g/mol. The molecule has 0 aromatic carbocycles. The molecular formula is C10H16O3. The standard InChI is InChI=1S/C10H16O3/c1-10(2)7(4-5-8(10)11)6-9(12)13-3/h7H,4-6H2,1-3H3/t7-/m0/s1. The van der Waals surface area contributed by atoms with Crippen LogP contribution in [0.4, 0.5) is 0 Å². The van der Waals surface area contributed by atoms with Gasteiger partial charge in [0.05, 0.1) is 7.11 Å². The molecule has 0 saturated heterocycles. The first-order valence-electron chi connectivity index (χ1n) is 4.58. The summed E-state index contributed by atoms with van der Waals surface area (Å²) in [5, 5.41) is 0. The first-order chi connectivity index (χ1) is 5.98. The molecule has 1 aliphatic rings. The van der Waals surface area contributed by atoms with Crippen molar-refractivity contribution in [2.75, 3.05) is 7.11 Å². The molecule has 1 saturated carbocycles. The van der Waals surface area contributed by atoms with Crippen LogP contribution in [0.3, 0.4) is 0 Å². The maximum Gasteiger partial charge on any atom is 0.305 e. The Labute approximate surface area is 78.5 Å². The fourth-order valence-electron chi connectivity index (χ4n) is 1.86. The number of esters is 1. The first-order valence-corrected chi connectivity index (χ1v) is 4.58. The average molecular weight is 184 g/mol. The van der Waals surface area contributed by atoms with Crippen LogP contribution in [0.15, 0.2) is 0 Å². The molecule has 0 aromatic rings. The summed E-state index contributed by atoms with van der Waals surface area (Å²) in [6.07, 6.45) is 1.80. The Morgan fingerprint density at radius 2 is 2.23 bits per heavy atom. The normalized spacial score (nSPS) is 26.1. The molecule has 0 N–H and O–H groups in total. The van der Waals surface area contributed by atoms with E-state index in [2.05, 4.69) is 4.74 Å². The summed E-state index contributed by atoms with van der Waals surface area (Å²) < 4.78 is 4.59. The maximum absolute atomic E-state index is 11.4. The van der Waals surface area contributed by atoms with E-state index in [1.54, 1.807) is 0 Å². The summed E-state index contributed by atoms with van der Waals surface area (Å²) in [7, 11) is 1.38. The van der Waals surface area contributed by atoms with Gasteiger partial charge in [0.15, 0.2) is 0 Å². The Bertz CT molecular complexity index is 230. The van der Waals surface area contributed by atoms with Gasteiger partial charge in [-0.05, 0) is 12.3 Å². The highest BCUT2D eigenvalue weighted by molar-refractivity contribution is 5.87. The maximum atomic E-state index is 11.4. The van der Waals surface area contributed by atoms with Gasteiger partial charge in [0.25, 0.3) is 0 Å². The van der Waals surface area contributed by atoms with Gasteiger partial charge in [0.1, 0.15) is 5.78 Å². The molecule has 0 aromatic heterocycles. The number of hydrogen-bond donors (Lipinski definition) is 0. The lowest BCUT2D eigenvalue weighted by molar-refractivity contribution is -0.142. The number of rotatable bonds is 2. The van der Waals surface area contributed by atoms with Crippen LogP contribution in [0, 0.1) is 11.3 Å². The van der Waals surface area contributed by atoms with Crippen molar-refractivity contribution in [3.05, 3.63) is 0 Å². The number of ether oxygens (including phenoxy) is 1. The van der Waals surface area contributed by atoms with Gasteiger partial charge in [-0.3, -0.25) is 9.59 Å². The number of hydrogen-bond acceptors (Lipinski definition) is 3. The zero-order chi connectivity index (χ0) is 10.1. The van der Waals surface area contributed by atoms with Gasteiger partial charge in [0, 0.05) is 18.3 Å². The van der Waals surface area contributed by atoms with Crippen LogP contribution in [-0.4, -0.2) is 18.9 Å². The third-order valence-electron chi connectivity index (χ3n) is 3.10. The molecule has 0 amide bonds. The Morgan fingerprint density at radius 1 is 1.62 bits per heavy atom. The van der Waals surface area contributed by atoms with Gasteiger partial charge < -0.3 is 4.74 Å². The van der Waals surface area contributed by atoms with Crippen molar-refractivity contribution < 1.29 is 14.3 Å². The van der Waals surface area contributed by atoms with Gasteiger partial charge >= 0.3 is 5.97 Å². The van der Waals surface area contributed by atoms with E-state index in [4.69, 9.17) is 0 Å². The third-order valence-corrected chi connectivity index (χ3v) is 3.10. The third kappa shape index (κ3) is 1.90. The minimum Gasteiger partial charge on any atom is -0.469 e.